The molecule has 36 heavy (non-hydrogen) atoms. The highest BCUT2D eigenvalue weighted by Crippen LogP contribution is 2.43. The van der Waals surface area contributed by atoms with Crippen molar-refractivity contribution in [1.82, 2.24) is 14.8 Å². The molecule has 5 rings (SSSR count). The predicted molar refractivity (Wildman–Crippen MR) is 135 cm³/mol. The van der Waals surface area contributed by atoms with Gasteiger partial charge in [0.1, 0.15) is 6.04 Å². The number of rotatable bonds is 9. The van der Waals surface area contributed by atoms with Gasteiger partial charge in [0.25, 0.3) is 5.69 Å². The fourth-order valence-corrected chi connectivity index (χ4v) is 5.37. The number of fused-ring (bicyclic) bond motifs is 4. The van der Waals surface area contributed by atoms with Crippen molar-refractivity contribution >= 4 is 28.4 Å². The fourth-order valence-electron chi connectivity index (χ4n) is 5.37. The van der Waals surface area contributed by atoms with Crippen molar-refractivity contribution in [3.05, 3.63) is 75.5 Å². The number of carbonyl (C=O) groups is 2. The molecule has 0 spiro atoms. The summed E-state index contributed by atoms with van der Waals surface area (Å²) in [6.07, 6.45) is 3.14. The number of hydrogen-bond acceptors (Lipinski definition) is 5. The number of aromatic nitrogens is 1. The van der Waals surface area contributed by atoms with Gasteiger partial charge in [-0.2, -0.15) is 0 Å². The van der Waals surface area contributed by atoms with E-state index in [2.05, 4.69) is 11.9 Å². The van der Waals surface area contributed by atoms with Gasteiger partial charge in [0.2, 0.25) is 11.8 Å². The van der Waals surface area contributed by atoms with Gasteiger partial charge in [0.05, 0.1) is 17.5 Å². The van der Waals surface area contributed by atoms with E-state index in [1.807, 2.05) is 24.3 Å². The predicted octanol–water partition coefficient (Wildman–Crippen LogP) is 3.97. The molecule has 0 aliphatic carbocycles. The Morgan fingerprint density at radius 1 is 1.11 bits per heavy atom. The van der Waals surface area contributed by atoms with E-state index >= 15 is 0 Å². The van der Waals surface area contributed by atoms with Gasteiger partial charge in [-0.25, -0.2) is 0 Å². The molecule has 9 nitrogen and oxygen atoms in total. The summed E-state index contributed by atoms with van der Waals surface area (Å²) >= 11 is 0. The third kappa shape index (κ3) is 4.35. The summed E-state index contributed by atoms with van der Waals surface area (Å²) in [6, 6.07) is 12.9. The molecule has 2 aliphatic rings. The number of unbranched alkanes of at least 4 members (excludes halogenated alkanes) is 1. The third-order valence-corrected chi connectivity index (χ3v) is 7.10. The first-order chi connectivity index (χ1) is 17.5. The minimum absolute atomic E-state index is 0.00865. The number of nitrogens with one attached hydrogen (secondary N) is 1. The number of nitro groups is 1. The Kier molecular flexibility index (Phi) is 6.73. The van der Waals surface area contributed by atoms with Crippen LogP contribution in [0.5, 0.6) is 0 Å². The average molecular weight is 491 g/mol. The molecule has 2 amide bonds. The van der Waals surface area contributed by atoms with E-state index in [0.29, 0.717) is 38.2 Å². The smallest absolute Gasteiger partial charge is 0.269 e. The van der Waals surface area contributed by atoms with Crippen molar-refractivity contribution in [3.63, 3.8) is 0 Å². The summed E-state index contributed by atoms with van der Waals surface area (Å²) in [7, 11) is 0. The zero-order valence-electron chi connectivity index (χ0n) is 20.3. The van der Waals surface area contributed by atoms with E-state index in [9.17, 15) is 19.7 Å². The normalized spacial score (nSPS) is 19.5. The monoisotopic (exact) mass is 490 g/mol. The van der Waals surface area contributed by atoms with Crippen molar-refractivity contribution in [2.75, 3.05) is 26.3 Å². The van der Waals surface area contributed by atoms with E-state index in [-0.39, 0.29) is 24.0 Å². The highest BCUT2D eigenvalue weighted by molar-refractivity contribution is 5.97. The Balaban J connectivity index is 1.49. The fraction of sp³-hybridized carbons (Fsp3) is 0.407. The largest absolute Gasteiger partial charge is 0.381 e. The van der Waals surface area contributed by atoms with Gasteiger partial charge in [-0.1, -0.05) is 43.7 Å². The zero-order chi connectivity index (χ0) is 25.2. The van der Waals surface area contributed by atoms with Gasteiger partial charge >= 0.3 is 0 Å². The Morgan fingerprint density at radius 2 is 1.92 bits per heavy atom. The van der Waals surface area contributed by atoms with Crippen molar-refractivity contribution in [2.24, 2.45) is 0 Å². The maximum atomic E-state index is 13.7. The maximum absolute atomic E-state index is 13.7. The van der Waals surface area contributed by atoms with Crippen LogP contribution in [-0.4, -0.2) is 63.9 Å². The molecule has 2 aliphatic heterocycles. The van der Waals surface area contributed by atoms with Crippen LogP contribution in [0, 0.1) is 10.1 Å². The van der Waals surface area contributed by atoms with Crippen molar-refractivity contribution in [2.45, 2.75) is 44.7 Å². The number of H-pyrrole nitrogens is 1. The molecule has 0 bridgehead atoms. The van der Waals surface area contributed by atoms with Crippen LogP contribution in [0.3, 0.4) is 0 Å². The summed E-state index contributed by atoms with van der Waals surface area (Å²) in [5.74, 6) is -0.248. The molecule has 0 radical (unpaired) electrons. The SMILES string of the molecule is CCCCOCCCN1CC(=O)N2C(Cc3c([nH]c4ccccc34)C2c2cccc([N+](=O)[O-])c2)C1=O. The summed E-state index contributed by atoms with van der Waals surface area (Å²) in [5, 5.41) is 12.5. The van der Waals surface area contributed by atoms with E-state index in [1.165, 1.54) is 12.1 Å². The Hall–Kier alpha value is -3.72. The quantitative estimate of drug-likeness (QED) is 0.277. The number of piperazine rings is 1. The number of carbonyl (C=O) groups excluding carboxylic acids is 2. The highest BCUT2D eigenvalue weighted by atomic mass is 16.6. The highest BCUT2D eigenvalue weighted by Gasteiger charge is 2.48. The second-order valence-electron chi connectivity index (χ2n) is 9.42. The van der Waals surface area contributed by atoms with Gasteiger partial charge in [-0.05, 0) is 30.0 Å². The molecule has 3 heterocycles. The van der Waals surface area contributed by atoms with Gasteiger partial charge in [0.15, 0.2) is 0 Å². The third-order valence-electron chi connectivity index (χ3n) is 7.10. The number of ether oxygens (including phenoxy) is 1. The minimum Gasteiger partial charge on any atom is -0.381 e. The molecule has 2 aromatic carbocycles. The molecule has 1 saturated heterocycles. The number of hydrogen-bond donors (Lipinski definition) is 1. The number of nitrogens with zero attached hydrogens (tertiary/aromatic N) is 3. The molecule has 2 unspecified atom stereocenters. The van der Waals surface area contributed by atoms with Gasteiger partial charge in [-0.3, -0.25) is 19.7 Å². The van der Waals surface area contributed by atoms with Gasteiger partial charge < -0.3 is 19.5 Å². The van der Waals surface area contributed by atoms with Gasteiger partial charge in [0, 0.05) is 54.9 Å². The van der Waals surface area contributed by atoms with Crippen LogP contribution in [0.25, 0.3) is 10.9 Å². The lowest BCUT2D eigenvalue weighted by molar-refractivity contribution is -0.384. The van der Waals surface area contributed by atoms with E-state index < -0.39 is 17.0 Å². The summed E-state index contributed by atoms with van der Waals surface area (Å²) in [4.78, 5) is 45.0. The van der Waals surface area contributed by atoms with Crippen LogP contribution in [0.1, 0.15) is 49.0 Å². The first-order valence-electron chi connectivity index (χ1n) is 12.5. The summed E-state index contributed by atoms with van der Waals surface area (Å²) < 4.78 is 5.63. The first-order valence-corrected chi connectivity index (χ1v) is 12.5. The number of para-hydroxylation sites is 1. The lowest BCUT2D eigenvalue weighted by Gasteiger charge is -2.47. The average Bonchev–Trinajstić information content (AvgIpc) is 3.26. The summed E-state index contributed by atoms with van der Waals surface area (Å²) in [5.41, 5.74) is 3.27. The van der Waals surface area contributed by atoms with Crippen LogP contribution in [0.4, 0.5) is 5.69 Å². The first kappa shape index (κ1) is 24.0. The topological polar surface area (TPSA) is 109 Å². The molecule has 0 saturated carbocycles. The van der Waals surface area contributed by atoms with Crippen molar-refractivity contribution in [1.29, 1.82) is 0 Å². The van der Waals surface area contributed by atoms with Crippen LogP contribution < -0.4 is 0 Å². The van der Waals surface area contributed by atoms with Gasteiger partial charge in [-0.15, -0.1) is 0 Å². The minimum atomic E-state index is -0.664. The van der Waals surface area contributed by atoms with Crippen LogP contribution in [-0.2, 0) is 20.7 Å². The molecule has 2 atom stereocenters. The maximum Gasteiger partial charge on any atom is 0.269 e. The lowest BCUT2D eigenvalue weighted by Crippen LogP contribution is -2.63. The Labute approximate surface area is 209 Å². The van der Waals surface area contributed by atoms with Crippen molar-refractivity contribution < 1.29 is 19.2 Å². The van der Waals surface area contributed by atoms with E-state index in [4.69, 9.17) is 4.74 Å². The number of amides is 2. The summed E-state index contributed by atoms with van der Waals surface area (Å²) in [6.45, 7) is 3.81. The molecule has 9 heteroatoms. The van der Waals surface area contributed by atoms with Crippen LogP contribution in [0.15, 0.2) is 48.5 Å². The molecule has 1 aromatic heterocycles. The molecule has 1 N–H and O–H groups in total. The second kappa shape index (κ2) is 10.1. The van der Waals surface area contributed by atoms with Crippen LogP contribution in [0.2, 0.25) is 0 Å². The molecule has 1 fully saturated rings. The lowest BCUT2D eigenvalue weighted by atomic mass is 9.86. The zero-order valence-corrected chi connectivity index (χ0v) is 20.3. The molecule has 188 valence electrons. The van der Waals surface area contributed by atoms with E-state index in [1.54, 1.807) is 21.9 Å². The Morgan fingerprint density at radius 3 is 2.72 bits per heavy atom. The number of benzene rings is 2. The number of aromatic amines is 1. The van der Waals surface area contributed by atoms with Crippen LogP contribution >= 0.6 is 0 Å². The molecular weight excluding hydrogens is 460 g/mol. The second-order valence-corrected chi connectivity index (χ2v) is 9.42. The standard InChI is InChI=1S/C27H30N4O5/c1-2-3-13-36-14-7-12-29-17-24(32)30-23(27(29)33)16-21-20-10-4-5-11-22(20)28-25(21)26(30)18-8-6-9-19(15-18)31(34)35/h4-6,8-11,15,23,26,28H,2-3,7,12-14,16-17H2,1H3. The Bertz CT molecular complexity index is 1300. The number of nitro benzene ring substituents is 1. The van der Waals surface area contributed by atoms with E-state index in [0.717, 1.165) is 35.0 Å². The number of non-ortho nitro benzene ring substituents is 1. The molecular formula is C27H30N4O5. The van der Waals surface area contributed by atoms with Crippen molar-refractivity contribution in [3.8, 4) is 0 Å². The molecule has 3 aromatic rings.